The van der Waals surface area contributed by atoms with E-state index in [9.17, 15) is 8.42 Å². The summed E-state index contributed by atoms with van der Waals surface area (Å²) in [6.07, 6.45) is 2.90. The van der Waals surface area contributed by atoms with Crippen LogP contribution in [0.15, 0.2) is 41.6 Å². The Kier molecular flexibility index (Phi) is 4.70. The smallest absolute Gasteiger partial charge is 0.249 e. The first-order chi connectivity index (χ1) is 11.8. The number of aromatic nitrogens is 2. The van der Waals surface area contributed by atoms with Crippen LogP contribution in [0.25, 0.3) is 10.9 Å². The molecule has 0 spiro atoms. The van der Waals surface area contributed by atoms with Gasteiger partial charge >= 0.3 is 0 Å². The predicted molar refractivity (Wildman–Crippen MR) is 99.7 cm³/mol. The molecule has 2 heterocycles. The van der Waals surface area contributed by atoms with Crippen molar-refractivity contribution in [2.75, 3.05) is 0 Å². The Labute approximate surface area is 155 Å². The highest BCUT2D eigenvalue weighted by Crippen LogP contribution is 2.34. The minimum atomic E-state index is -3.85. The van der Waals surface area contributed by atoms with Crippen LogP contribution >= 0.6 is 23.2 Å². The Balaban J connectivity index is 2.27. The van der Waals surface area contributed by atoms with Gasteiger partial charge in [-0.3, -0.25) is 0 Å². The van der Waals surface area contributed by atoms with Crippen molar-refractivity contribution in [1.29, 1.82) is 0 Å². The van der Waals surface area contributed by atoms with Gasteiger partial charge in [0.25, 0.3) is 0 Å². The van der Waals surface area contributed by atoms with E-state index in [1.807, 2.05) is 0 Å². The first kappa shape index (κ1) is 18.0. The van der Waals surface area contributed by atoms with E-state index >= 15 is 0 Å². The van der Waals surface area contributed by atoms with Gasteiger partial charge in [-0.2, -0.15) is 0 Å². The van der Waals surface area contributed by atoms with Gasteiger partial charge in [-0.25, -0.2) is 12.4 Å². The van der Waals surface area contributed by atoms with Gasteiger partial charge in [0.15, 0.2) is 0 Å². The molecular formula is C17H16Cl2N2O3S. The molecule has 0 bridgehead atoms. The molecule has 0 saturated heterocycles. The van der Waals surface area contributed by atoms with Crippen molar-refractivity contribution in [2.45, 2.75) is 25.0 Å². The third kappa shape index (κ3) is 2.88. The molecule has 1 atom stereocenters. The highest BCUT2D eigenvalue weighted by atomic mass is 35.5. The van der Waals surface area contributed by atoms with Crippen molar-refractivity contribution in [2.24, 2.45) is 0 Å². The summed E-state index contributed by atoms with van der Waals surface area (Å²) in [5.74, 6) is 0.617. The molecule has 3 aromatic rings. The summed E-state index contributed by atoms with van der Waals surface area (Å²) in [5.41, 5.74) is 2.21. The number of benzene rings is 1. The lowest BCUT2D eigenvalue weighted by Gasteiger charge is -2.15. The molecule has 5 nitrogen and oxygen atoms in total. The lowest BCUT2D eigenvalue weighted by Crippen LogP contribution is -2.20. The minimum absolute atomic E-state index is 0.170. The van der Waals surface area contributed by atoms with Crippen molar-refractivity contribution in [3.8, 4) is 0 Å². The van der Waals surface area contributed by atoms with Gasteiger partial charge in [0.1, 0.15) is 11.0 Å². The molecule has 3 rings (SSSR count). The van der Waals surface area contributed by atoms with Crippen LogP contribution in [-0.2, 0) is 15.9 Å². The van der Waals surface area contributed by atoms with E-state index in [0.717, 1.165) is 0 Å². The lowest BCUT2D eigenvalue weighted by atomic mass is 10.1. The van der Waals surface area contributed by atoms with Crippen LogP contribution in [0.2, 0.25) is 5.02 Å². The Morgan fingerprint density at radius 2 is 2.12 bits per heavy atom. The van der Waals surface area contributed by atoms with E-state index in [4.69, 9.17) is 27.7 Å². The number of nitrogens with zero attached hydrogens (tertiary/aromatic N) is 2. The Morgan fingerprint density at radius 1 is 1.40 bits per heavy atom. The highest BCUT2D eigenvalue weighted by molar-refractivity contribution is 7.90. The average Bonchev–Trinajstić information content (AvgIpc) is 3.10. The third-order valence-electron chi connectivity index (χ3n) is 4.14. The maximum atomic E-state index is 13.3. The van der Waals surface area contributed by atoms with Gasteiger partial charge in [-0.15, -0.1) is 18.2 Å². The molecule has 25 heavy (non-hydrogen) atoms. The molecule has 0 aliphatic carbocycles. The zero-order chi connectivity index (χ0) is 18.4. The van der Waals surface area contributed by atoms with Gasteiger partial charge in [0.05, 0.1) is 11.2 Å². The number of hydrogen-bond acceptors (Lipinski definition) is 4. The van der Waals surface area contributed by atoms with E-state index in [-0.39, 0.29) is 5.88 Å². The summed E-state index contributed by atoms with van der Waals surface area (Å²) in [4.78, 5) is 0. The van der Waals surface area contributed by atoms with E-state index in [1.54, 1.807) is 32.0 Å². The molecule has 8 heteroatoms. The molecule has 0 aliphatic heterocycles. The summed E-state index contributed by atoms with van der Waals surface area (Å²) < 4.78 is 33.0. The van der Waals surface area contributed by atoms with Crippen molar-refractivity contribution in [1.82, 2.24) is 9.13 Å². The van der Waals surface area contributed by atoms with Gasteiger partial charge in [-0.1, -0.05) is 22.8 Å². The molecule has 0 radical (unpaired) electrons. The Bertz CT molecular complexity index is 1050. The summed E-state index contributed by atoms with van der Waals surface area (Å²) in [6.45, 7) is 7.09. The number of alkyl halides is 1. The second-order valence-electron chi connectivity index (χ2n) is 5.68. The summed E-state index contributed by atoms with van der Waals surface area (Å²) in [7, 11) is -3.85. The van der Waals surface area contributed by atoms with Crippen molar-refractivity contribution >= 4 is 44.1 Å². The highest BCUT2D eigenvalue weighted by Gasteiger charge is 2.32. The number of fused-ring (bicyclic) bond motifs is 1. The van der Waals surface area contributed by atoms with Gasteiger partial charge < -0.3 is 4.52 Å². The van der Waals surface area contributed by atoms with Crippen LogP contribution in [0, 0.1) is 13.8 Å². The predicted octanol–water partition coefficient (Wildman–Crippen LogP) is 4.74. The van der Waals surface area contributed by atoms with Crippen LogP contribution in [0.4, 0.5) is 0 Å². The van der Waals surface area contributed by atoms with Crippen molar-refractivity contribution in [3.05, 3.63) is 64.7 Å². The van der Waals surface area contributed by atoms with Gasteiger partial charge in [0.2, 0.25) is 10.0 Å². The van der Waals surface area contributed by atoms with Gasteiger partial charge in [0, 0.05) is 28.0 Å². The minimum Gasteiger partial charge on any atom is -0.361 e. The first-order valence-electron chi connectivity index (χ1n) is 7.46. The number of halogens is 2. The largest absolute Gasteiger partial charge is 0.361 e. The van der Waals surface area contributed by atoms with Crippen molar-refractivity contribution in [3.63, 3.8) is 0 Å². The monoisotopic (exact) mass is 398 g/mol. The maximum Gasteiger partial charge on any atom is 0.249 e. The average molecular weight is 399 g/mol. The standard InChI is InChI=1S/C17H16Cl2N2O3S/c1-4-16(17-10(2)20-24-11(17)3)25(22,23)21-9-12(8-18)14-7-13(19)5-6-15(14)21/h4-7,9,16H,1,8H2,2-3H3. The fourth-order valence-electron chi connectivity index (χ4n) is 2.96. The quantitative estimate of drug-likeness (QED) is 0.459. The zero-order valence-electron chi connectivity index (χ0n) is 13.7. The number of rotatable bonds is 5. The Morgan fingerprint density at radius 3 is 2.68 bits per heavy atom. The maximum absolute atomic E-state index is 13.3. The molecule has 2 aromatic heterocycles. The van der Waals surface area contributed by atoms with Gasteiger partial charge in [-0.05, 0) is 37.6 Å². The Hall–Kier alpha value is -1.76. The molecule has 1 aromatic carbocycles. The molecule has 0 N–H and O–H groups in total. The first-order valence-corrected chi connectivity index (χ1v) is 9.88. The van der Waals surface area contributed by atoms with E-state index < -0.39 is 15.3 Å². The van der Waals surface area contributed by atoms with Crippen LogP contribution in [-0.4, -0.2) is 17.5 Å². The summed E-state index contributed by atoms with van der Waals surface area (Å²) in [6, 6.07) is 5.02. The molecule has 0 aliphatic rings. The molecule has 0 amide bonds. The van der Waals surface area contributed by atoms with Crippen LogP contribution < -0.4 is 0 Å². The summed E-state index contributed by atoms with van der Waals surface area (Å²) >= 11 is 12.0. The topological polar surface area (TPSA) is 65.1 Å². The zero-order valence-corrected chi connectivity index (χ0v) is 16.0. The van der Waals surface area contributed by atoms with Crippen LogP contribution in [0.5, 0.6) is 0 Å². The van der Waals surface area contributed by atoms with Crippen molar-refractivity contribution < 1.29 is 12.9 Å². The van der Waals surface area contributed by atoms with E-state index in [0.29, 0.717) is 38.5 Å². The number of aryl methyl sites for hydroxylation is 2. The fraction of sp³-hybridized carbons (Fsp3) is 0.235. The molecule has 1 unspecified atom stereocenters. The normalized spacial score (nSPS) is 13.3. The lowest BCUT2D eigenvalue weighted by molar-refractivity contribution is 0.392. The molecule has 0 fully saturated rings. The SMILES string of the molecule is C=CC(c1c(C)noc1C)S(=O)(=O)n1cc(CCl)c2cc(Cl)ccc21. The fourth-order valence-corrected chi connectivity index (χ4v) is 5.18. The van der Waals surface area contributed by atoms with Crippen LogP contribution in [0.1, 0.15) is 27.8 Å². The second-order valence-corrected chi connectivity index (χ2v) is 8.32. The van der Waals surface area contributed by atoms with E-state index in [1.165, 1.54) is 16.2 Å². The second kappa shape index (κ2) is 6.52. The molecule has 132 valence electrons. The van der Waals surface area contributed by atoms with Crippen LogP contribution in [0.3, 0.4) is 0 Å². The third-order valence-corrected chi connectivity index (χ3v) is 6.58. The molecular weight excluding hydrogens is 383 g/mol. The molecule has 0 saturated carbocycles. The number of hydrogen-bond donors (Lipinski definition) is 0. The van der Waals surface area contributed by atoms with E-state index in [2.05, 4.69) is 11.7 Å². The summed E-state index contributed by atoms with van der Waals surface area (Å²) in [5, 5.41) is 4.08.